The Morgan fingerprint density at radius 1 is 1.60 bits per heavy atom. The van der Waals surface area contributed by atoms with E-state index in [2.05, 4.69) is 6.92 Å². The zero-order valence-electron chi connectivity index (χ0n) is 6.64. The lowest BCUT2D eigenvalue weighted by Gasteiger charge is -2.04. The Morgan fingerprint density at radius 2 is 2.40 bits per heavy atom. The lowest BCUT2D eigenvalue weighted by atomic mass is 10.0. The number of hydrogen-bond donors (Lipinski definition) is 0. The summed E-state index contributed by atoms with van der Waals surface area (Å²) in [4.78, 5) is 0. The zero-order chi connectivity index (χ0) is 7.40. The first-order valence-electron chi connectivity index (χ1n) is 4.18. The maximum atomic E-state index is 10.9. The Balaban J connectivity index is 2.06. The average molecular weight is 160 g/mol. The summed E-state index contributed by atoms with van der Waals surface area (Å²) in [6.45, 7) is 2.21. The summed E-state index contributed by atoms with van der Waals surface area (Å²) in [5.74, 6) is 2.75. The van der Waals surface area contributed by atoms with Crippen LogP contribution in [0.15, 0.2) is 0 Å². The largest absolute Gasteiger partial charge is 0.616 e. The van der Waals surface area contributed by atoms with Gasteiger partial charge in [0, 0.05) is 5.92 Å². The van der Waals surface area contributed by atoms with Crippen LogP contribution in [0, 0.1) is 5.92 Å². The molecule has 1 fully saturated rings. The van der Waals surface area contributed by atoms with Crippen LogP contribution in [0.3, 0.4) is 0 Å². The fourth-order valence-electron chi connectivity index (χ4n) is 1.45. The third-order valence-corrected chi connectivity index (χ3v) is 3.68. The minimum absolute atomic E-state index is 0.456. The van der Waals surface area contributed by atoms with Gasteiger partial charge >= 0.3 is 0 Å². The molecule has 0 unspecified atom stereocenters. The standard InChI is InChI=1S/C8H16OS/c1-2-3-4-8-5-6-10(9)7-8/h8H,2-7H2,1H3/t8-,10-/m1/s1. The van der Waals surface area contributed by atoms with Gasteiger partial charge in [0.2, 0.25) is 0 Å². The minimum atomic E-state index is -0.456. The summed E-state index contributed by atoms with van der Waals surface area (Å²) in [6.07, 6.45) is 5.12. The van der Waals surface area contributed by atoms with Gasteiger partial charge in [-0.05, 0) is 12.8 Å². The Morgan fingerprint density at radius 3 is 2.90 bits per heavy atom. The Labute approximate surface area is 66.4 Å². The molecule has 0 aromatic carbocycles. The second kappa shape index (κ2) is 4.24. The molecule has 0 aromatic heterocycles. The summed E-state index contributed by atoms with van der Waals surface area (Å²) in [7, 11) is 0. The average Bonchev–Trinajstić information content (AvgIpc) is 2.31. The molecule has 1 saturated heterocycles. The van der Waals surface area contributed by atoms with Crippen molar-refractivity contribution in [3.8, 4) is 0 Å². The number of unbranched alkanes of at least 4 members (excludes halogenated alkanes) is 1. The van der Waals surface area contributed by atoms with E-state index in [0.29, 0.717) is 0 Å². The lowest BCUT2D eigenvalue weighted by Crippen LogP contribution is -2.04. The van der Waals surface area contributed by atoms with Gasteiger partial charge in [-0.2, -0.15) is 0 Å². The minimum Gasteiger partial charge on any atom is -0.616 e. The second-order valence-electron chi connectivity index (χ2n) is 3.11. The van der Waals surface area contributed by atoms with E-state index in [9.17, 15) is 4.55 Å². The molecule has 0 aliphatic carbocycles. The third-order valence-electron chi connectivity index (χ3n) is 2.14. The normalized spacial score (nSPS) is 33.0. The first-order valence-corrected chi connectivity index (χ1v) is 5.66. The molecule has 0 radical (unpaired) electrons. The van der Waals surface area contributed by atoms with Crippen molar-refractivity contribution >= 4 is 11.2 Å². The van der Waals surface area contributed by atoms with Gasteiger partial charge in [0.15, 0.2) is 0 Å². The van der Waals surface area contributed by atoms with Crippen molar-refractivity contribution in [2.75, 3.05) is 11.5 Å². The van der Waals surface area contributed by atoms with E-state index in [-0.39, 0.29) is 0 Å². The van der Waals surface area contributed by atoms with E-state index in [0.717, 1.165) is 17.4 Å². The van der Waals surface area contributed by atoms with Crippen LogP contribution in [0.2, 0.25) is 0 Å². The molecule has 1 heterocycles. The quantitative estimate of drug-likeness (QED) is 0.579. The molecule has 10 heavy (non-hydrogen) atoms. The maximum Gasteiger partial charge on any atom is 0.108 e. The summed E-state index contributed by atoms with van der Waals surface area (Å²) >= 11 is -0.456. The fourth-order valence-corrected chi connectivity index (χ4v) is 3.07. The molecule has 1 rings (SSSR count). The number of hydrogen-bond acceptors (Lipinski definition) is 1. The van der Waals surface area contributed by atoms with Gasteiger partial charge in [-0.3, -0.25) is 0 Å². The van der Waals surface area contributed by atoms with E-state index < -0.39 is 11.2 Å². The molecule has 1 nitrogen and oxygen atoms in total. The van der Waals surface area contributed by atoms with Crippen LogP contribution < -0.4 is 0 Å². The molecule has 0 amide bonds. The summed E-state index contributed by atoms with van der Waals surface area (Å²) < 4.78 is 10.9. The molecule has 2 heteroatoms. The highest BCUT2D eigenvalue weighted by Crippen LogP contribution is 2.22. The SMILES string of the molecule is CCCC[C@@H]1CC[S@@+]([O-])C1. The molecule has 60 valence electrons. The first-order chi connectivity index (χ1) is 4.83. The molecule has 0 N–H and O–H groups in total. The summed E-state index contributed by atoms with van der Waals surface area (Å²) in [6, 6.07) is 0. The lowest BCUT2D eigenvalue weighted by molar-refractivity contribution is 0.514. The predicted octanol–water partition coefficient (Wildman–Crippen LogP) is 1.95. The van der Waals surface area contributed by atoms with Crippen molar-refractivity contribution in [3.05, 3.63) is 0 Å². The van der Waals surface area contributed by atoms with E-state index >= 15 is 0 Å². The van der Waals surface area contributed by atoms with Gasteiger partial charge in [-0.1, -0.05) is 30.9 Å². The number of rotatable bonds is 3. The molecule has 1 aliphatic heterocycles. The van der Waals surface area contributed by atoms with Crippen LogP contribution in [-0.2, 0) is 11.2 Å². The van der Waals surface area contributed by atoms with Gasteiger partial charge in [0.05, 0.1) is 0 Å². The van der Waals surface area contributed by atoms with Crippen LogP contribution in [-0.4, -0.2) is 16.1 Å². The van der Waals surface area contributed by atoms with Crippen LogP contribution >= 0.6 is 0 Å². The van der Waals surface area contributed by atoms with Crippen molar-refractivity contribution in [1.29, 1.82) is 0 Å². The van der Waals surface area contributed by atoms with Crippen LogP contribution in [0.25, 0.3) is 0 Å². The van der Waals surface area contributed by atoms with E-state index in [1.807, 2.05) is 0 Å². The monoisotopic (exact) mass is 160 g/mol. The van der Waals surface area contributed by atoms with Gasteiger partial charge < -0.3 is 4.55 Å². The Hall–Kier alpha value is 0.310. The van der Waals surface area contributed by atoms with E-state index in [4.69, 9.17) is 0 Å². The fraction of sp³-hybridized carbons (Fsp3) is 1.00. The van der Waals surface area contributed by atoms with Gasteiger partial charge in [-0.15, -0.1) is 0 Å². The second-order valence-corrected chi connectivity index (χ2v) is 4.73. The predicted molar refractivity (Wildman–Crippen MR) is 45.5 cm³/mol. The van der Waals surface area contributed by atoms with Crippen molar-refractivity contribution in [2.24, 2.45) is 5.92 Å². The van der Waals surface area contributed by atoms with Crippen molar-refractivity contribution in [3.63, 3.8) is 0 Å². The smallest absolute Gasteiger partial charge is 0.108 e. The molecular weight excluding hydrogens is 144 g/mol. The molecule has 1 aliphatic rings. The molecule has 0 spiro atoms. The molecular formula is C8H16OS. The molecule has 0 aromatic rings. The zero-order valence-corrected chi connectivity index (χ0v) is 7.45. The third kappa shape index (κ3) is 2.51. The van der Waals surface area contributed by atoms with E-state index in [1.54, 1.807) is 0 Å². The van der Waals surface area contributed by atoms with Crippen molar-refractivity contribution in [1.82, 2.24) is 0 Å². The molecule has 2 atom stereocenters. The highest BCUT2D eigenvalue weighted by atomic mass is 32.2. The van der Waals surface area contributed by atoms with Crippen molar-refractivity contribution < 1.29 is 4.55 Å². The Bertz CT molecular complexity index is 95.3. The first kappa shape index (κ1) is 8.41. The van der Waals surface area contributed by atoms with Gasteiger partial charge in [-0.25, -0.2) is 0 Å². The summed E-state index contributed by atoms with van der Waals surface area (Å²) in [5.41, 5.74) is 0. The topological polar surface area (TPSA) is 23.1 Å². The van der Waals surface area contributed by atoms with Crippen LogP contribution in [0.5, 0.6) is 0 Å². The molecule has 0 bridgehead atoms. The van der Waals surface area contributed by atoms with Crippen molar-refractivity contribution in [2.45, 2.75) is 32.6 Å². The van der Waals surface area contributed by atoms with Gasteiger partial charge in [0.25, 0.3) is 0 Å². The highest BCUT2D eigenvalue weighted by Gasteiger charge is 2.24. The highest BCUT2D eigenvalue weighted by molar-refractivity contribution is 7.91. The molecule has 0 saturated carbocycles. The Kier molecular flexibility index (Phi) is 3.57. The van der Waals surface area contributed by atoms with Gasteiger partial charge in [0.1, 0.15) is 11.5 Å². The summed E-state index contributed by atoms with van der Waals surface area (Å²) in [5, 5.41) is 0. The van der Waals surface area contributed by atoms with Crippen LogP contribution in [0.1, 0.15) is 32.6 Å². The maximum absolute atomic E-state index is 10.9. The van der Waals surface area contributed by atoms with E-state index in [1.165, 1.54) is 25.7 Å². The van der Waals surface area contributed by atoms with Crippen LogP contribution in [0.4, 0.5) is 0 Å².